The van der Waals surface area contributed by atoms with E-state index < -0.39 is 0 Å². The van der Waals surface area contributed by atoms with Gasteiger partial charge in [-0.15, -0.1) is 0 Å². The largest absolute Gasteiger partial charge is 0.311 e. The fourth-order valence-corrected chi connectivity index (χ4v) is 2.95. The standard InChI is InChI=1S/C23H21NO2/c1-2-3-18-4-10-21(11-5-18)24(22-12-6-19(16-25)7-13-22)23-14-8-20(17-26)9-15-23/h4-17H,2-3H2,1H3. The van der Waals surface area contributed by atoms with Crippen LogP contribution >= 0.6 is 0 Å². The summed E-state index contributed by atoms with van der Waals surface area (Å²) in [4.78, 5) is 24.0. The lowest BCUT2D eigenvalue weighted by Crippen LogP contribution is -2.10. The second-order valence-electron chi connectivity index (χ2n) is 6.17. The van der Waals surface area contributed by atoms with Crippen molar-refractivity contribution in [3.63, 3.8) is 0 Å². The fraction of sp³-hybridized carbons (Fsp3) is 0.130. The lowest BCUT2D eigenvalue weighted by atomic mass is 10.1. The van der Waals surface area contributed by atoms with Gasteiger partial charge in [0.25, 0.3) is 0 Å². The molecule has 3 aromatic rings. The number of aldehydes is 2. The van der Waals surface area contributed by atoms with Crippen molar-refractivity contribution in [2.75, 3.05) is 4.90 Å². The summed E-state index contributed by atoms with van der Waals surface area (Å²) in [5.74, 6) is 0. The molecule has 26 heavy (non-hydrogen) atoms. The number of nitrogens with zero attached hydrogens (tertiary/aromatic N) is 1. The molecule has 0 radical (unpaired) electrons. The van der Waals surface area contributed by atoms with E-state index in [0.717, 1.165) is 42.5 Å². The number of hydrogen-bond donors (Lipinski definition) is 0. The second kappa shape index (κ2) is 8.26. The van der Waals surface area contributed by atoms with Crippen molar-refractivity contribution in [2.45, 2.75) is 19.8 Å². The molecule has 3 heteroatoms. The Kier molecular flexibility index (Phi) is 5.59. The van der Waals surface area contributed by atoms with Gasteiger partial charge in [0.15, 0.2) is 0 Å². The van der Waals surface area contributed by atoms with Crippen molar-refractivity contribution in [3.05, 3.63) is 89.5 Å². The third-order valence-corrected chi connectivity index (χ3v) is 4.31. The molecule has 0 saturated carbocycles. The van der Waals surface area contributed by atoms with Crippen LogP contribution in [-0.4, -0.2) is 12.6 Å². The van der Waals surface area contributed by atoms with Crippen molar-refractivity contribution in [1.29, 1.82) is 0 Å². The maximum atomic E-state index is 11.0. The molecule has 0 atom stereocenters. The molecule has 0 unspecified atom stereocenters. The summed E-state index contributed by atoms with van der Waals surface area (Å²) in [6.07, 6.45) is 3.85. The molecule has 0 aliphatic heterocycles. The molecule has 0 aliphatic carbocycles. The molecule has 0 saturated heterocycles. The van der Waals surface area contributed by atoms with Crippen LogP contribution in [-0.2, 0) is 6.42 Å². The summed E-state index contributed by atoms with van der Waals surface area (Å²) in [5.41, 5.74) is 5.54. The zero-order valence-corrected chi connectivity index (χ0v) is 14.8. The van der Waals surface area contributed by atoms with Crippen LogP contribution in [0.5, 0.6) is 0 Å². The van der Waals surface area contributed by atoms with Crippen LogP contribution in [0.1, 0.15) is 39.6 Å². The minimum absolute atomic E-state index is 0.642. The van der Waals surface area contributed by atoms with Crippen molar-refractivity contribution >= 4 is 29.6 Å². The molecule has 130 valence electrons. The van der Waals surface area contributed by atoms with E-state index in [1.54, 1.807) is 24.3 Å². The molecule has 0 N–H and O–H groups in total. The van der Waals surface area contributed by atoms with Crippen LogP contribution in [0.3, 0.4) is 0 Å². The van der Waals surface area contributed by atoms with Crippen molar-refractivity contribution in [2.24, 2.45) is 0 Å². The molecule has 0 aliphatic rings. The highest BCUT2D eigenvalue weighted by Crippen LogP contribution is 2.34. The van der Waals surface area contributed by atoms with Gasteiger partial charge in [-0.05, 0) is 72.6 Å². The number of hydrogen-bond acceptors (Lipinski definition) is 3. The van der Waals surface area contributed by atoms with Crippen LogP contribution in [0.25, 0.3) is 0 Å². The SMILES string of the molecule is CCCc1ccc(N(c2ccc(C=O)cc2)c2ccc(C=O)cc2)cc1. The number of anilines is 3. The average Bonchev–Trinajstić information content (AvgIpc) is 2.71. The monoisotopic (exact) mass is 343 g/mol. The molecular formula is C23H21NO2. The molecule has 0 aromatic heterocycles. The van der Waals surface area contributed by atoms with Gasteiger partial charge < -0.3 is 4.90 Å². The van der Waals surface area contributed by atoms with Crippen LogP contribution < -0.4 is 4.90 Å². The van der Waals surface area contributed by atoms with E-state index in [1.165, 1.54) is 5.56 Å². The Labute approximate surface area is 153 Å². The molecule has 0 amide bonds. The first-order valence-electron chi connectivity index (χ1n) is 8.74. The smallest absolute Gasteiger partial charge is 0.150 e. The molecule has 0 spiro atoms. The molecule has 0 heterocycles. The number of carbonyl (C=O) groups excluding carboxylic acids is 2. The first kappa shape index (κ1) is 17.6. The Balaban J connectivity index is 2.04. The highest BCUT2D eigenvalue weighted by Gasteiger charge is 2.12. The minimum atomic E-state index is 0.642. The second-order valence-corrected chi connectivity index (χ2v) is 6.17. The Morgan fingerprint density at radius 3 is 1.38 bits per heavy atom. The molecule has 3 aromatic carbocycles. The summed E-state index contributed by atoms with van der Waals surface area (Å²) < 4.78 is 0. The Morgan fingerprint density at radius 1 is 0.654 bits per heavy atom. The molecular weight excluding hydrogens is 322 g/mol. The van der Waals surface area contributed by atoms with Crippen molar-refractivity contribution < 1.29 is 9.59 Å². The fourth-order valence-electron chi connectivity index (χ4n) is 2.95. The summed E-state index contributed by atoms with van der Waals surface area (Å²) in [5, 5.41) is 0. The van der Waals surface area contributed by atoms with E-state index in [1.807, 2.05) is 24.3 Å². The van der Waals surface area contributed by atoms with Gasteiger partial charge in [-0.1, -0.05) is 25.5 Å². The van der Waals surface area contributed by atoms with Gasteiger partial charge in [-0.25, -0.2) is 0 Å². The van der Waals surface area contributed by atoms with Crippen LogP contribution in [0.2, 0.25) is 0 Å². The zero-order valence-electron chi connectivity index (χ0n) is 14.8. The zero-order chi connectivity index (χ0) is 18.4. The normalized spacial score (nSPS) is 10.3. The summed E-state index contributed by atoms with van der Waals surface area (Å²) in [6, 6.07) is 23.4. The van der Waals surface area contributed by atoms with E-state index in [-0.39, 0.29) is 0 Å². The topological polar surface area (TPSA) is 37.4 Å². The number of rotatable bonds is 7. The van der Waals surface area contributed by atoms with Crippen molar-refractivity contribution in [1.82, 2.24) is 0 Å². The lowest BCUT2D eigenvalue weighted by Gasteiger charge is -2.25. The summed E-state index contributed by atoms with van der Waals surface area (Å²) in [6.45, 7) is 2.17. The summed E-state index contributed by atoms with van der Waals surface area (Å²) in [7, 11) is 0. The molecule has 3 nitrogen and oxygen atoms in total. The predicted molar refractivity (Wildman–Crippen MR) is 106 cm³/mol. The Hall–Kier alpha value is -3.20. The first-order valence-corrected chi connectivity index (χ1v) is 8.74. The lowest BCUT2D eigenvalue weighted by molar-refractivity contribution is 0.111. The first-order chi connectivity index (χ1) is 12.7. The maximum Gasteiger partial charge on any atom is 0.150 e. The number of aryl methyl sites for hydroxylation is 1. The summed E-state index contributed by atoms with van der Waals surface area (Å²) >= 11 is 0. The highest BCUT2D eigenvalue weighted by atomic mass is 16.1. The number of carbonyl (C=O) groups is 2. The molecule has 0 fully saturated rings. The van der Waals surface area contributed by atoms with Gasteiger partial charge in [-0.2, -0.15) is 0 Å². The maximum absolute atomic E-state index is 11.0. The third-order valence-electron chi connectivity index (χ3n) is 4.31. The average molecular weight is 343 g/mol. The highest BCUT2D eigenvalue weighted by molar-refractivity contribution is 5.82. The van der Waals surface area contributed by atoms with E-state index in [4.69, 9.17) is 0 Å². The van der Waals surface area contributed by atoms with E-state index in [2.05, 4.69) is 36.1 Å². The van der Waals surface area contributed by atoms with Gasteiger partial charge in [0.05, 0.1) is 0 Å². The van der Waals surface area contributed by atoms with Gasteiger partial charge >= 0.3 is 0 Å². The van der Waals surface area contributed by atoms with Gasteiger partial charge in [0, 0.05) is 28.2 Å². The van der Waals surface area contributed by atoms with Crippen LogP contribution in [0, 0.1) is 0 Å². The van der Waals surface area contributed by atoms with E-state index >= 15 is 0 Å². The van der Waals surface area contributed by atoms with Crippen LogP contribution in [0.15, 0.2) is 72.8 Å². The third kappa shape index (κ3) is 3.89. The van der Waals surface area contributed by atoms with E-state index in [0.29, 0.717) is 11.1 Å². The Morgan fingerprint density at radius 2 is 1.04 bits per heavy atom. The van der Waals surface area contributed by atoms with E-state index in [9.17, 15) is 9.59 Å². The minimum Gasteiger partial charge on any atom is -0.311 e. The van der Waals surface area contributed by atoms with Gasteiger partial charge in [0.2, 0.25) is 0 Å². The van der Waals surface area contributed by atoms with Crippen LogP contribution in [0.4, 0.5) is 17.1 Å². The Bertz CT molecular complexity index is 814. The quantitative estimate of drug-likeness (QED) is 0.514. The van der Waals surface area contributed by atoms with Crippen molar-refractivity contribution in [3.8, 4) is 0 Å². The van der Waals surface area contributed by atoms with Gasteiger partial charge in [-0.3, -0.25) is 9.59 Å². The molecule has 3 rings (SSSR count). The number of benzene rings is 3. The molecule has 0 bridgehead atoms. The predicted octanol–water partition coefficient (Wildman–Crippen LogP) is 5.73. The van der Waals surface area contributed by atoms with Gasteiger partial charge in [0.1, 0.15) is 12.6 Å².